The second-order valence-electron chi connectivity index (χ2n) is 7.71. The van der Waals surface area contributed by atoms with E-state index < -0.39 is 11.9 Å². The fraction of sp³-hybridized carbons (Fsp3) is 0.320. The highest BCUT2D eigenvalue weighted by Crippen LogP contribution is 2.20. The van der Waals surface area contributed by atoms with Crippen molar-refractivity contribution in [3.05, 3.63) is 81.1 Å². The van der Waals surface area contributed by atoms with Crippen molar-refractivity contribution in [2.45, 2.75) is 39.2 Å². The van der Waals surface area contributed by atoms with E-state index in [1.165, 1.54) is 4.88 Å². The van der Waals surface area contributed by atoms with Crippen molar-refractivity contribution in [2.75, 3.05) is 13.2 Å². The third kappa shape index (κ3) is 7.13. The van der Waals surface area contributed by atoms with Crippen LogP contribution in [0.4, 0.5) is 0 Å². The first kappa shape index (κ1) is 24.4. The molecule has 3 aromatic rings. The quantitative estimate of drug-likeness (QED) is 0.387. The number of aromatic carboxylic acids is 1. The van der Waals surface area contributed by atoms with Gasteiger partial charge in [0, 0.05) is 24.3 Å². The predicted molar refractivity (Wildman–Crippen MR) is 129 cm³/mol. The summed E-state index contributed by atoms with van der Waals surface area (Å²) < 4.78 is 7.47. The van der Waals surface area contributed by atoms with Crippen LogP contribution < -0.4 is 5.73 Å². The lowest BCUT2D eigenvalue weighted by Gasteiger charge is -2.13. The summed E-state index contributed by atoms with van der Waals surface area (Å²) >= 11 is 1.65. The summed E-state index contributed by atoms with van der Waals surface area (Å²) in [5.74, 6) is -0.413. The van der Waals surface area contributed by atoms with Gasteiger partial charge in [-0.2, -0.15) is 0 Å². The van der Waals surface area contributed by atoms with E-state index in [1.54, 1.807) is 23.5 Å². The van der Waals surface area contributed by atoms with Crippen LogP contribution >= 0.6 is 11.3 Å². The number of carboxylic acid groups (broad SMARTS) is 1. The lowest BCUT2D eigenvalue weighted by molar-refractivity contribution is -0.140. The van der Waals surface area contributed by atoms with E-state index >= 15 is 0 Å². The molecular formula is C25H29N3O4S. The number of aryl methyl sites for hydroxylation is 1. The minimum Gasteiger partial charge on any atom is -0.478 e. The molecule has 2 heterocycles. The first-order valence-electron chi connectivity index (χ1n) is 10.9. The summed E-state index contributed by atoms with van der Waals surface area (Å²) in [4.78, 5) is 28.6. The SMILES string of the molecule is CCCCc1ncc(C=C(COC(=O)CN)Cc2cccs2)n1Cc1ccc(C(=O)O)cc1. The number of carboxylic acids is 1. The second-order valence-corrected chi connectivity index (χ2v) is 8.75. The van der Waals surface area contributed by atoms with Gasteiger partial charge in [0.05, 0.1) is 24.0 Å². The molecule has 0 aliphatic carbocycles. The van der Waals surface area contributed by atoms with Gasteiger partial charge in [-0.1, -0.05) is 31.5 Å². The van der Waals surface area contributed by atoms with Crippen molar-refractivity contribution in [1.82, 2.24) is 9.55 Å². The number of rotatable bonds is 12. The number of aromatic nitrogens is 2. The van der Waals surface area contributed by atoms with Crippen LogP contribution in [0, 0.1) is 0 Å². The van der Waals surface area contributed by atoms with E-state index in [0.717, 1.165) is 41.9 Å². The molecular weight excluding hydrogens is 438 g/mol. The van der Waals surface area contributed by atoms with Crippen molar-refractivity contribution in [3.8, 4) is 0 Å². The fourth-order valence-corrected chi connectivity index (χ4v) is 4.18. The maximum absolute atomic E-state index is 11.6. The van der Waals surface area contributed by atoms with Crippen LogP contribution in [0.3, 0.4) is 0 Å². The number of carbonyl (C=O) groups excluding carboxylic acids is 1. The number of hydrogen-bond acceptors (Lipinski definition) is 6. The number of nitrogens with two attached hydrogens (primary N) is 1. The molecule has 7 nitrogen and oxygen atoms in total. The Morgan fingerprint density at radius 2 is 2.03 bits per heavy atom. The monoisotopic (exact) mass is 467 g/mol. The maximum atomic E-state index is 11.6. The molecule has 0 atom stereocenters. The van der Waals surface area contributed by atoms with E-state index in [-0.39, 0.29) is 18.7 Å². The van der Waals surface area contributed by atoms with Gasteiger partial charge in [-0.05, 0) is 47.2 Å². The highest BCUT2D eigenvalue weighted by atomic mass is 32.1. The number of imidazole rings is 1. The van der Waals surface area contributed by atoms with Gasteiger partial charge in [0.15, 0.2) is 0 Å². The van der Waals surface area contributed by atoms with Gasteiger partial charge in [0.2, 0.25) is 0 Å². The number of unbranched alkanes of at least 4 members (excludes halogenated alkanes) is 1. The number of benzene rings is 1. The Labute approximate surface area is 197 Å². The Morgan fingerprint density at radius 3 is 2.67 bits per heavy atom. The molecule has 0 aliphatic rings. The van der Waals surface area contributed by atoms with Gasteiger partial charge >= 0.3 is 11.9 Å². The molecule has 1 aromatic carbocycles. The molecule has 0 bridgehead atoms. The molecule has 0 saturated heterocycles. The standard InChI is InChI=1S/C25H29N3O4S/c1-2-3-6-23-27-15-21(28(23)16-18-7-9-20(10-8-18)25(30)31)12-19(17-32-24(29)14-26)13-22-5-4-11-33-22/h4-5,7-12,15H,2-3,6,13-14,16-17,26H2,1H3,(H,30,31). The van der Waals surface area contributed by atoms with Crippen molar-refractivity contribution in [2.24, 2.45) is 5.73 Å². The number of esters is 1. The van der Waals surface area contributed by atoms with Crippen LogP contribution in [-0.2, 0) is 28.9 Å². The molecule has 0 fully saturated rings. The number of ether oxygens (including phenoxy) is 1. The zero-order valence-corrected chi connectivity index (χ0v) is 19.5. The highest BCUT2D eigenvalue weighted by molar-refractivity contribution is 7.09. The summed E-state index contributed by atoms with van der Waals surface area (Å²) in [5, 5.41) is 11.2. The molecule has 0 amide bonds. The second kappa shape index (κ2) is 12.1. The Morgan fingerprint density at radius 1 is 1.24 bits per heavy atom. The van der Waals surface area contributed by atoms with E-state index in [2.05, 4.69) is 22.5 Å². The normalized spacial score (nSPS) is 11.5. The van der Waals surface area contributed by atoms with Crippen LogP contribution in [0.1, 0.15) is 52.1 Å². The summed E-state index contributed by atoms with van der Waals surface area (Å²) in [5.41, 5.74) is 8.50. The van der Waals surface area contributed by atoms with Crippen molar-refractivity contribution < 1.29 is 19.4 Å². The molecule has 33 heavy (non-hydrogen) atoms. The van der Waals surface area contributed by atoms with Gasteiger partial charge < -0.3 is 20.1 Å². The molecule has 0 spiro atoms. The van der Waals surface area contributed by atoms with Crippen LogP contribution in [0.25, 0.3) is 6.08 Å². The van der Waals surface area contributed by atoms with Crippen molar-refractivity contribution >= 4 is 29.4 Å². The highest BCUT2D eigenvalue weighted by Gasteiger charge is 2.13. The van der Waals surface area contributed by atoms with Crippen LogP contribution in [0.15, 0.2) is 53.5 Å². The smallest absolute Gasteiger partial charge is 0.335 e. The predicted octanol–water partition coefficient (Wildman–Crippen LogP) is 4.16. The van der Waals surface area contributed by atoms with Gasteiger partial charge in [-0.3, -0.25) is 4.79 Å². The van der Waals surface area contributed by atoms with Crippen LogP contribution in [0.2, 0.25) is 0 Å². The molecule has 2 aromatic heterocycles. The first-order valence-corrected chi connectivity index (χ1v) is 11.8. The van der Waals surface area contributed by atoms with Crippen LogP contribution in [0.5, 0.6) is 0 Å². The molecule has 3 rings (SSSR count). The summed E-state index contributed by atoms with van der Waals surface area (Å²) in [6, 6.07) is 10.9. The molecule has 0 unspecified atom stereocenters. The van der Waals surface area contributed by atoms with Crippen molar-refractivity contribution in [3.63, 3.8) is 0 Å². The number of carbonyl (C=O) groups is 2. The Kier molecular flexibility index (Phi) is 8.97. The average Bonchev–Trinajstić information content (AvgIpc) is 3.46. The van der Waals surface area contributed by atoms with Crippen molar-refractivity contribution in [1.29, 1.82) is 0 Å². The maximum Gasteiger partial charge on any atom is 0.335 e. The molecule has 0 saturated carbocycles. The van der Waals surface area contributed by atoms with Gasteiger partial charge in [-0.15, -0.1) is 11.3 Å². The van der Waals surface area contributed by atoms with E-state index in [0.29, 0.717) is 13.0 Å². The Bertz CT molecular complexity index is 1090. The Balaban J connectivity index is 1.92. The minimum atomic E-state index is -0.943. The molecule has 0 radical (unpaired) electrons. The lowest BCUT2D eigenvalue weighted by atomic mass is 10.1. The molecule has 3 N–H and O–H groups in total. The number of thiophene rings is 1. The number of nitrogens with zero attached hydrogens (tertiary/aromatic N) is 2. The van der Waals surface area contributed by atoms with Gasteiger partial charge in [-0.25, -0.2) is 9.78 Å². The lowest BCUT2D eigenvalue weighted by Crippen LogP contribution is -2.18. The minimum absolute atomic E-state index is 0.155. The molecule has 0 aliphatic heterocycles. The molecule has 8 heteroatoms. The van der Waals surface area contributed by atoms with E-state index in [9.17, 15) is 9.59 Å². The Hall–Kier alpha value is -3.23. The zero-order valence-electron chi connectivity index (χ0n) is 18.7. The third-order valence-corrected chi connectivity index (χ3v) is 6.06. The van der Waals surface area contributed by atoms with Gasteiger partial charge in [0.1, 0.15) is 12.4 Å². The number of hydrogen-bond donors (Lipinski definition) is 2. The van der Waals surface area contributed by atoms with Gasteiger partial charge in [0.25, 0.3) is 0 Å². The van der Waals surface area contributed by atoms with E-state index in [4.69, 9.17) is 15.6 Å². The first-order chi connectivity index (χ1) is 16.0. The summed E-state index contributed by atoms with van der Waals surface area (Å²) in [6.07, 6.45) is 7.46. The third-order valence-electron chi connectivity index (χ3n) is 5.18. The largest absolute Gasteiger partial charge is 0.478 e. The van der Waals surface area contributed by atoms with E-state index in [1.807, 2.05) is 35.9 Å². The average molecular weight is 468 g/mol. The molecule has 174 valence electrons. The zero-order chi connectivity index (χ0) is 23.6. The fourth-order valence-electron chi connectivity index (χ4n) is 3.42. The van der Waals surface area contributed by atoms with Crippen LogP contribution in [-0.4, -0.2) is 39.7 Å². The summed E-state index contributed by atoms with van der Waals surface area (Å²) in [7, 11) is 0. The topological polar surface area (TPSA) is 107 Å². The summed E-state index contributed by atoms with van der Waals surface area (Å²) in [6.45, 7) is 2.72.